The van der Waals surface area contributed by atoms with Crippen LogP contribution in [0, 0.1) is 13.8 Å². The van der Waals surface area contributed by atoms with Crippen molar-refractivity contribution in [2.45, 2.75) is 52.6 Å². The van der Waals surface area contributed by atoms with Gasteiger partial charge in [0.2, 0.25) is 0 Å². The van der Waals surface area contributed by atoms with Crippen LogP contribution in [0.2, 0.25) is 0 Å². The van der Waals surface area contributed by atoms with Crippen molar-refractivity contribution in [2.24, 2.45) is 0 Å². The summed E-state index contributed by atoms with van der Waals surface area (Å²) in [7, 11) is 1.55. The third kappa shape index (κ3) is 5.74. The van der Waals surface area contributed by atoms with Crippen LogP contribution in [0.3, 0.4) is 0 Å². The molecule has 1 saturated heterocycles. The van der Waals surface area contributed by atoms with E-state index in [2.05, 4.69) is 34.3 Å². The number of carbonyl (C=O) groups is 2. The normalized spacial score (nSPS) is 16.8. The Bertz CT molecular complexity index is 904. The molecule has 31 heavy (non-hydrogen) atoms. The van der Waals surface area contributed by atoms with Crippen molar-refractivity contribution >= 4 is 17.6 Å². The molecule has 0 bridgehead atoms. The number of anilines is 1. The lowest BCUT2D eigenvalue weighted by molar-refractivity contribution is 0.0387. The first-order chi connectivity index (χ1) is 14.9. The lowest BCUT2D eigenvalue weighted by Crippen LogP contribution is -2.36. The highest BCUT2D eigenvalue weighted by Gasteiger charge is 2.23. The summed E-state index contributed by atoms with van der Waals surface area (Å²) in [6.45, 7) is 8.36. The van der Waals surface area contributed by atoms with Crippen LogP contribution in [-0.2, 0) is 16.0 Å². The van der Waals surface area contributed by atoms with Crippen LogP contribution in [0.1, 0.15) is 63.9 Å². The Morgan fingerprint density at radius 2 is 1.90 bits per heavy atom. The Balaban J connectivity index is 1.63. The molecule has 7 heteroatoms. The molecule has 0 spiro atoms. The molecule has 3 rings (SSSR count). The molecule has 0 aliphatic carbocycles. The van der Waals surface area contributed by atoms with Crippen molar-refractivity contribution in [1.29, 1.82) is 0 Å². The summed E-state index contributed by atoms with van der Waals surface area (Å²) in [5.41, 5.74) is 3.90. The summed E-state index contributed by atoms with van der Waals surface area (Å²) < 4.78 is 10.1. The maximum Gasteiger partial charge on any atom is 0.340 e. The van der Waals surface area contributed by atoms with E-state index in [-0.39, 0.29) is 12.5 Å². The highest BCUT2D eigenvalue weighted by Crippen LogP contribution is 2.22. The van der Waals surface area contributed by atoms with Gasteiger partial charge in [-0.15, -0.1) is 0 Å². The zero-order valence-corrected chi connectivity index (χ0v) is 18.9. The predicted molar refractivity (Wildman–Crippen MR) is 121 cm³/mol. The zero-order chi connectivity index (χ0) is 22.4. The van der Waals surface area contributed by atoms with E-state index in [1.54, 1.807) is 21.0 Å². The highest BCUT2D eigenvalue weighted by atomic mass is 16.6. The zero-order valence-electron chi connectivity index (χ0n) is 18.9. The molecule has 2 heterocycles. The number of hydrogen-bond acceptors (Lipinski definition) is 5. The summed E-state index contributed by atoms with van der Waals surface area (Å²) in [5, 5.41) is 2.91. The number of nitrogens with one attached hydrogen (secondary N) is 2. The van der Waals surface area contributed by atoms with Crippen molar-refractivity contribution in [2.75, 3.05) is 32.2 Å². The van der Waals surface area contributed by atoms with Gasteiger partial charge in [0, 0.05) is 31.1 Å². The fourth-order valence-electron chi connectivity index (χ4n) is 4.09. The highest BCUT2D eigenvalue weighted by molar-refractivity contribution is 6.06. The van der Waals surface area contributed by atoms with Crippen LogP contribution >= 0.6 is 0 Å². The SMILES string of the molecule is COCCOC(=O)c1c(C)[nH]c(C(=O)Nc2ccc(CN3CCCCC3C)cc2)c1C. The molecule has 1 aliphatic heterocycles. The van der Waals surface area contributed by atoms with E-state index >= 15 is 0 Å². The van der Waals surface area contributed by atoms with Crippen molar-refractivity contribution in [3.8, 4) is 0 Å². The van der Waals surface area contributed by atoms with Crippen LogP contribution in [-0.4, -0.2) is 54.7 Å². The molecule has 1 aromatic heterocycles. The van der Waals surface area contributed by atoms with E-state index in [1.807, 2.05) is 12.1 Å². The first-order valence-corrected chi connectivity index (χ1v) is 10.9. The minimum atomic E-state index is -0.460. The maximum atomic E-state index is 12.8. The van der Waals surface area contributed by atoms with Gasteiger partial charge in [-0.25, -0.2) is 4.79 Å². The van der Waals surface area contributed by atoms with Gasteiger partial charge in [0.25, 0.3) is 5.91 Å². The number of benzene rings is 1. The van der Waals surface area contributed by atoms with Crippen molar-refractivity contribution in [1.82, 2.24) is 9.88 Å². The average molecular weight is 428 g/mol. The number of methoxy groups -OCH3 is 1. The van der Waals surface area contributed by atoms with E-state index < -0.39 is 5.97 Å². The minimum Gasteiger partial charge on any atom is -0.460 e. The number of H-pyrrole nitrogens is 1. The molecule has 0 radical (unpaired) electrons. The Labute approximate surface area is 184 Å². The maximum absolute atomic E-state index is 12.8. The lowest BCUT2D eigenvalue weighted by Gasteiger charge is -2.33. The average Bonchev–Trinajstić information content (AvgIpc) is 3.05. The molecule has 2 N–H and O–H groups in total. The molecule has 1 fully saturated rings. The summed E-state index contributed by atoms with van der Waals surface area (Å²) >= 11 is 0. The second-order valence-electron chi connectivity index (χ2n) is 8.22. The number of ether oxygens (including phenoxy) is 2. The van der Waals surface area contributed by atoms with Crippen molar-refractivity contribution in [3.63, 3.8) is 0 Å². The second kappa shape index (κ2) is 10.6. The number of amides is 1. The fourth-order valence-corrected chi connectivity index (χ4v) is 4.09. The van der Waals surface area contributed by atoms with E-state index in [4.69, 9.17) is 9.47 Å². The molecule has 0 saturated carbocycles. The molecule has 1 aromatic carbocycles. The topological polar surface area (TPSA) is 83.7 Å². The van der Waals surface area contributed by atoms with Gasteiger partial charge in [0.05, 0.1) is 12.2 Å². The Kier molecular flexibility index (Phi) is 7.87. The second-order valence-corrected chi connectivity index (χ2v) is 8.22. The van der Waals surface area contributed by atoms with Crippen LogP contribution in [0.25, 0.3) is 0 Å². The van der Waals surface area contributed by atoms with E-state index in [1.165, 1.54) is 24.8 Å². The number of likely N-dealkylation sites (tertiary alicyclic amines) is 1. The van der Waals surface area contributed by atoms with Gasteiger partial charge < -0.3 is 19.8 Å². The van der Waals surface area contributed by atoms with Gasteiger partial charge in [0.1, 0.15) is 12.3 Å². The van der Waals surface area contributed by atoms with Crippen LogP contribution in [0.15, 0.2) is 24.3 Å². The largest absolute Gasteiger partial charge is 0.460 e. The minimum absolute atomic E-state index is 0.170. The van der Waals surface area contributed by atoms with Gasteiger partial charge in [-0.1, -0.05) is 18.6 Å². The number of rotatable bonds is 8. The number of aryl methyl sites for hydroxylation is 1. The molecular formula is C24H33N3O4. The first kappa shape index (κ1) is 23.0. The molecular weight excluding hydrogens is 394 g/mol. The van der Waals surface area contributed by atoms with Crippen molar-refractivity contribution in [3.05, 3.63) is 52.3 Å². The number of aromatic nitrogens is 1. The summed E-state index contributed by atoms with van der Waals surface area (Å²) in [4.78, 5) is 30.7. The van der Waals surface area contributed by atoms with Crippen LogP contribution in [0.5, 0.6) is 0 Å². The smallest absolute Gasteiger partial charge is 0.340 e. The number of piperidine rings is 1. The number of hydrogen-bond donors (Lipinski definition) is 2. The van der Waals surface area contributed by atoms with E-state index in [0.29, 0.717) is 35.2 Å². The van der Waals surface area contributed by atoms with Crippen LogP contribution < -0.4 is 5.32 Å². The first-order valence-electron chi connectivity index (χ1n) is 10.9. The molecule has 168 valence electrons. The standard InChI is InChI=1S/C24H33N3O4/c1-16-7-5-6-12-27(16)15-19-8-10-20(11-9-19)26-23(28)22-17(2)21(18(3)25-22)24(29)31-14-13-30-4/h8-11,16,25H,5-7,12-15H2,1-4H3,(H,26,28). The van der Waals surface area contributed by atoms with Gasteiger partial charge in [-0.2, -0.15) is 0 Å². The molecule has 1 amide bonds. The predicted octanol–water partition coefficient (Wildman–Crippen LogP) is 4.06. The fraction of sp³-hybridized carbons (Fsp3) is 0.500. The molecule has 7 nitrogen and oxygen atoms in total. The number of carbonyl (C=O) groups excluding carboxylic acids is 2. The van der Waals surface area contributed by atoms with Gasteiger partial charge in [-0.3, -0.25) is 9.69 Å². The molecule has 1 unspecified atom stereocenters. The Hall–Kier alpha value is -2.64. The Morgan fingerprint density at radius 3 is 2.58 bits per heavy atom. The summed E-state index contributed by atoms with van der Waals surface area (Å²) in [5.74, 6) is -0.743. The Morgan fingerprint density at radius 1 is 1.16 bits per heavy atom. The number of nitrogens with zero attached hydrogens (tertiary/aromatic N) is 1. The third-order valence-electron chi connectivity index (χ3n) is 5.93. The van der Waals surface area contributed by atoms with Gasteiger partial charge in [0.15, 0.2) is 0 Å². The van der Waals surface area contributed by atoms with E-state index in [0.717, 1.165) is 18.8 Å². The third-order valence-corrected chi connectivity index (χ3v) is 5.93. The van der Waals surface area contributed by atoms with Gasteiger partial charge in [-0.05, 0) is 63.4 Å². The molecule has 1 aliphatic rings. The number of esters is 1. The summed E-state index contributed by atoms with van der Waals surface area (Å²) in [6.07, 6.45) is 3.83. The monoisotopic (exact) mass is 427 g/mol. The summed E-state index contributed by atoms with van der Waals surface area (Å²) in [6, 6.07) is 8.58. The number of aromatic amines is 1. The van der Waals surface area contributed by atoms with E-state index in [9.17, 15) is 9.59 Å². The quantitative estimate of drug-likeness (QED) is 0.490. The van der Waals surface area contributed by atoms with Crippen molar-refractivity contribution < 1.29 is 19.1 Å². The van der Waals surface area contributed by atoms with Gasteiger partial charge >= 0.3 is 5.97 Å². The molecule has 2 aromatic rings. The molecule has 1 atom stereocenters. The van der Waals surface area contributed by atoms with Crippen LogP contribution in [0.4, 0.5) is 5.69 Å². The lowest BCUT2D eigenvalue weighted by atomic mass is 10.0.